The average Bonchev–Trinajstić information content (AvgIpc) is 2.85. The van der Waals surface area contributed by atoms with E-state index in [0.717, 1.165) is 11.1 Å². The Morgan fingerprint density at radius 2 is 1.83 bits per heavy atom. The molecule has 0 saturated heterocycles. The van der Waals surface area contributed by atoms with Crippen molar-refractivity contribution >= 4 is 0 Å². The zero-order valence-electron chi connectivity index (χ0n) is 9.77. The lowest BCUT2D eigenvalue weighted by molar-refractivity contribution is -0.0498. The van der Waals surface area contributed by atoms with Crippen molar-refractivity contribution in [3.8, 4) is 5.75 Å². The first-order valence-corrected chi connectivity index (χ1v) is 5.45. The molecular weight excluding hydrogens is 240 g/mol. The van der Waals surface area contributed by atoms with E-state index in [0.29, 0.717) is 0 Å². The van der Waals surface area contributed by atoms with Crippen LogP contribution in [0.5, 0.6) is 5.75 Å². The summed E-state index contributed by atoms with van der Waals surface area (Å²) < 4.78 is 33.4. The first-order chi connectivity index (χ1) is 8.70. The summed E-state index contributed by atoms with van der Waals surface area (Å²) in [5.41, 5.74) is 1.92. The van der Waals surface area contributed by atoms with Gasteiger partial charge < -0.3 is 14.5 Å². The van der Waals surface area contributed by atoms with Gasteiger partial charge in [0, 0.05) is 5.56 Å². The third-order valence-corrected chi connectivity index (χ3v) is 2.60. The summed E-state index contributed by atoms with van der Waals surface area (Å²) in [7, 11) is 1.82. The third-order valence-electron chi connectivity index (χ3n) is 2.60. The molecule has 1 aromatic carbocycles. The molecule has 1 N–H and O–H groups in total. The van der Waals surface area contributed by atoms with Gasteiger partial charge in [-0.2, -0.15) is 8.78 Å². The van der Waals surface area contributed by atoms with Crippen LogP contribution in [0.1, 0.15) is 17.2 Å². The number of alkyl halides is 2. The number of rotatable bonds is 5. The van der Waals surface area contributed by atoms with Gasteiger partial charge >= 0.3 is 6.61 Å². The number of hydrogen-bond donors (Lipinski definition) is 1. The maximum absolute atomic E-state index is 12.0. The van der Waals surface area contributed by atoms with Gasteiger partial charge in [-0.1, -0.05) is 12.1 Å². The van der Waals surface area contributed by atoms with E-state index in [1.165, 1.54) is 12.1 Å². The van der Waals surface area contributed by atoms with Gasteiger partial charge in [0.1, 0.15) is 5.75 Å². The quantitative estimate of drug-likeness (QED) is 0.888. The van der Waals surface area contributed by atoms with Crippen molar-refractivity contribution in [1.82, 2.24) is 5.32 Å². The Labute approximate surface area is 103 Å². The van der Waals surface area contributed by atoms with E-state index in [2.05, 4.69) is 10.1 Å². The number of nitrogens with one attached hydrogen (secondary N) is 1. The van der Waals surface area contributed by atoms with Gasteiger partial charge in [-0.05, 0) is 30.8 Å². The molecule has 1 aromatic heterocycles. The average molecular weight is 253 g/mol. The normalized spacial score (nSPS) is 12.7. The highest BCUT2D eigenvalue weighted by Crippen LogP contribution is 2.24. The van der Waals surface area contributed by atoms with Crippen LogP contribution in [0.4, 0.5) is 8.78 Å². The molecule has 0 bridgehead atoms. The third kappa shape index (κ3) is 2.87. The van der Waals surface area contributed by atoms with Gasteiger partial charge in [-0.3, -0.25) is 0 Å². The van der Waals surface area contributed by atoms with Crippen molar-refractivity contribution in [2.45, 2.75) is 12.7 Å². The summed E-state index contributed by atoms with van der Waals surface area (Å²) in [5.74, 6) is 0.149. The van der Waals surface area contributed by atoms with Gasteiger partial charge in [0.15, 0.2) is 0 Å². The van der Waals surface area contributed by atoms with E-state index in [1.54, 1.807) is 24.7 Å². The van der Waals surface area contributed by atoms with Crippen molar-refractivity contribution < 1.29 is 17.9 Å². The Kier molecular flexibility index (Phi) is 3.94. The maximum atomic E-state index is 12.0. The highest BCUT2D eigenvalue weighted by molar-refractivity contribution is 5.34. The summed E-state index contributed by atoms with van der Waals surface area (Å²) in [6.45, 7) is -2.80. The summed E-state index contributed by atoms with van der Waals surface area (Å²) in [5, 5.41) is 3.13. The molecule has 0 spiro atoms. The predicted molar refractivity (Wildman–Crippen MR) is 62.7 cm³/mol. The molecule has 0 saturated carbocycles. The fourth-order valence-corrected chi connectivity index (χ4v) is 1.81. The molecule has 1 heterocycles. The van der Waals surface area contributed by atoms with E-state index >= 15 is 0 Å². The first-order valence-electron chi connectivity index (χ1n) is 5.45. The molecule has 0 aliphatic rings. The molecule has 18 heavy (non-hydrogen) atoms. The lowest BCUT2D eigenvalue weighted by Gasteiger charge is -2.15. The number of furan rings is 1. The molecule has 0 aliphatic heterocycles. The van der Waals surface area contributed by atoms with Crippen LogP contribution in [0.25, 0.3) is 0 Å². The number of hydrogen-bond acceptors (Lipinski definition) is 3. The standard InChI is InChI=1S/C13H13F2NO2/c1-16-12(10-6-7-17-8-10)9-2-4-11(5-3-9)18-13(14)15/h2-8,12-13,16H,1H3. The molecule has 0 aliphatic carbocycles. The van der Waals surface area contributed by atoms with Crippen LogP contribution < -0.4 is 10.1 Å². The molecule has 0 fully saturated rings. The van der Waals surface area contributed by atoms with Crippen LogP contribution in [0.2, 0.25) is 0 Å². The Morgan fingerprint density at radius 3 is 2.33 bits per heavy atom. The molecule has 0 radical (unpaired) electrons. The lowest BCUT2D eigenvalue weighted by Crippen LogP contribution is -2.16. The van der Waals surface area contributed by atoms with Crippen molar-refractivity contribution in [1.29, 1.82) is 0 Å². The van der Waals surface area contributed by atoms with Crippen LogP contribution >= 0.6 is 0 Å². The largest absolute Gasteiger partial charge is 0.472 e. The first kappa shape index (κ1) is 12.6. The molecule has 96 valence electrons. The SMILES string of the molecule is CNC(c1ccc(OC(F)F)cc1)c1ccoc1. The lowest BCUT2D eigenvalue weighted by atomic mass is 10.0. The minimum absolute atomic E-state index is 0.0376. The topological polar surface area (TPSA) is 34.4 Å². The summed E-state index contributed by atoms with van der Waals surface area (Å²) in [4.78, 5) is 0. The number of benzene rings is 1. The van der Waals surface area contributed by atoms with Crippen molar-refractivity contribution in [3.63, 3.8) is 0 Å². The van der Waals surface area contributed by atoms with Gasteiger partial charge in [0.2, 0.25) is 0 Å². The van der Waals surface area contributed by atoms with Gasteiger partial charge in [0.25, 0.3) is 0 Å². The van der Waals surface area contributed by atoms with E-state index < -0.39 is 6.61 Å². The number of ether oxygens (including phenoxy) is 1. The summed E-state index contributed by atoms with van der Waals surface area (Å²) >= 11 is 0. The summed E-state index contributed by atoms with van der Waals surface area (Å²) in [6, 6.07) is 8.34. The van der Waals surface area contributed by atoms with E-state index in [-0.39, 0.29) is 11.8 Å². The Morgan fingerprint density at radius 1 is 1.11 bits per heavy atom. The van der Waals surface area contributed by atoms with Crippen molar-refractivity contribution in [2.75, 3.05) is 7.05 Å². The zero-order chi connectivity index (χ0) is 13.0. The fraction of sp³-hybridized carbons (Fsp3) is 0.231. The summed E-state index contributed by atoms with van der Waals surface area (Å²) in [6.07, 6.45) is 3.23. The second kappa shape index (κ2) is 5.64. The minimum atomic E-state index is -2.80. The smallest absolute Gasteiger partial charge is 0.387 e. The van der Waals surface area contributed by atoms with Crippen molar-refractivity contribution in [2.24, 2.45) is 0 Å². The van der Waals surface area contributed by atoms with Gasteiger partial charge in [-0.15, -0.1) is 0 Å². The zero-order valence-corrected chi connectivity index (χ0v) is 9.77. The Balaban J connectivity index is 2.17. The molecule has 3 nitrogen and oxygen atoms in total. The van der Waals surface area contributed by atoms with E-state index in [9.17, 15) is 8.78 Å². The molecular formula is C13H13F2NO2. The second-order valence-corrected chi connectivity index (χ2v) is 3.73. The fourth-order valence-electron chi connectivity index (χ4n) is 1.81. The molecule has 2 aromatic rings. The predicted octanol–water partition coefficient (Wildman–Crippen LogP) is 3.19. The van der Waals surface area contributed by atoms with Crippen LogP contribution in [-0.4, -0.2) is 13.7 Å². The molecule has 1 atom stereocenters. The molecule has 0 amide bonds. The van der Waals surface area contributed by atoms with Crippen LogP contribution in [0.3, 0.4) is 0 Å². The maximum Gasteiger partial charge on any atom is 0.387 e. The molecule has 1 unspecified atom stereocenters. The molecule has 2 rings (SSSR count). The second-order valence-electron chi connectivity index (χ2n) is 3.73. The van der Waals surface area contributed by atoms with Gasteiger partial charge in [0.05, 0.1) is 18.6 Å². The number of halogens is 2. The van der Waals surface area contributed by atoms with Crippen LogP contribution in [-0.2, 0) is 0 Å². The van der Waals surface area contributed by atoms with Crippen molar-refractivity contribution in [3.05, 3.63) is 54.0 Å². The Bertz CT molecular complexity index is 468. The highest BCUT2D eigenvalue weighted by Gasteiger charge is 2.13. The van der Waals surface area contributed by atoms with E-state index in [4.69, 9.17) is 4.42 Å². The Hall–Kier alpha value is -1.88. The van der Waals surface area contributed by atoms with E-state index in [1.807, 2.05) is 13.1 Å². The van der Waals surface area contributed by atoms with Crippen LogP contribution in [0, 0.1) is 0 Å². The van der Waals surface area contributed by atoms with Gasteiger partial charge in [-0.25, -0.2) is 0 Å². The minimum Gasteiger partial charge on any atom is -0.472 e. The van der Waals surface area contributed by atoms with Crippen LogP contribution in [0.15, 0.2) is 47.3 Å². The highest BCUT2D eigenvalue weighted by atomic mass is 19.3. The molecule has 5 heteroatoms. The monoisotopic (exact) mass is 253 g/mol.